The van der Waals surface area contributed by atoms with Crippen LogP contribution in [0.5, 0.6) is 0 Å². The Bertz CT molecular complexity index is 1350. The first-order chi connectivity index (χ1) is 24.6. The molecule has 0 unspecified atom stereocenters. The van der Waals surface area contributed by atoms with Crippen molar-refractivity contribution in [1.29, 1.82) is 0 Å². The Balaban J connectivity index is 1.47. The van der Waals surface area contributed by atoms with E-state index >= 15 is 0 Å². The lowest BCUT2D eigenvalue weighted by molar-refractivity contribution is -0.136. The van der Waals surface area contributed by atoms with Crippen LogP contribution in [0.25, 0.3) is 0 Å². The number of amides is 4. The number of morpholine rings is 1. The lowest BCUT2D eigenvalue weighted by atomic mass is 9.83. The summed E-state index contributed by atoms with van der Waals surface area (Å²) in [5, 5.41) is 17.3. The van der Waals surface area contributed by atoms with Gasteiger partial charge in [-0.1, -0.05) is 76.3 Å². The number of benzene rings is 1. The van der Waals surface area contributed by atoms with E-state index in [0.717, 1.165) is 37.7 Å². The fourth-order valence-electron chi connectivity index (χ4n) is 6.72. The van der Waals surface area contributed by atoms with Gasteiger partial charge in [0, 0.05) is 52.1 Å². The molecular formula is C38H58N6O7. The van der Waals surface area contributed by atoms with E-state index in [1.54, 1.807) is 11.1 Å². The smallest absolute Gasteiger partial charge is 0.410 e. The van der Waals surface area contributed by atoms with Crippen molar-refractivity contribution in [2.45, 2.75) is 109 Å². The van der Waals surface area contributed by atoms with Crippen LogP contribution in [-0.4, -0.2) is 113 Å². The van der Waals surface area contributed by atoms with Crippen LogP contribution in [0, 0.1) is 11.8 Å². The molecule has 0 spiro atoms. The summed E-state index contributed by atoms with van der Waals surface area (Å²) in [6.07, 6.45) is 8.40. The summed E-state index contributed by atoms with van der Waals surface area (Å²) >= 11 is 0. The number of aliphatic hydroxyl groups excluding tert-OH is 1. The van der Waals surface area contributed by atoms with E-state index in [-0.39, 0.29) is 31.7 Å². The highest BCUT2D eigenvalue weighted by Gasteiger charge is 2.33. The summed E-state index contributed by atoms with van der Waals surface area (Å²) in [4.78, 5) is 64.2. The zero-order valence-corrected chi connectivity index (χ0v) is 30.6. The monoisotopic (exact) mass is 710 g/mol. The Hall–Kier alpha value is -3.97. The predicted octanol–water partition coefficient (Wildman–Crippen LogP) is 3.62. The summed E-state index contributed by atoms with van der Waals surface area (Å²) in [5.41, 5.74) is 1.34. The highest BCUT2D eigenvalue weighted by atomic mass is 16.6. The highest BCUT2D eigenvalue weighted by molar-refractivity contribution is 5.90. The molecule has 13 nitrogen and oxygen atoms in total. The maximum atomic E-state index is 14.1. The molecule has 1 aliphatic heterocycles. The fourth-order valence-corrected chi connectivity index (χ4v) is 6.72. The molecule has 1 saturated carbocycles. The van der Waals surface area contributed by atoms with Gasteiger partial charge >= 0.3 is 6.09 Å². The molecule has 4 atom stereocenters. The Morgan fingerprint density at radius 2 is 1.75 bits per heavy atom. The first-order valence-corrected chi connectivity index (χ1v) is 18.7. The molecule has 13 heteroatoms. The fraction of sp³-hybridized carbons (Fsp3) is 0.658. The van der Waals surface area contributed by atoms with Gasteiger partial charge in [0.25, 0.3) is 5.91 Å². The molecule has 2 aliphatic rings. The molecular weight excluding hydrogens is 652 g/mol. The SMILES string of the molecule is CC(C)CC[C@H](O)[C@H](CC1CCCCC1)NC(=O)[C@H](Cc1c[nH]cn1)NC(=O)[C@H](Cc1ccccc1)OC(=O)N(C)CCC(=O)N1CCOCC1. The first-order valence-electron chi connectivity index (χ1n) is 18.7. The number of hydrogen-bond acceptors (Lipinski definition) is 8. The van der Waals surface area contributed by atoms with Gasteiger partial charge in [0.15, 0.2) is 6.10 Å². The molecule has 51 heavy (non-hydrogen) atoms. The van der Waals surface area contributed by atoms with Crippen molar-refractivity contribution >= 4 is 23.8 Å². The number of ether oxygens (including phenoxy) is 2. The largest absolute Gasteiger partial charge is 0.436 e. The Kier molecular flexibility index (Phi) is 16.2. The number of aliphatic hydroxyl groups is 1. The van der Waals surface area contributed by atoms with E-state index < -0.39 is 42.2 Å². The van der Waals surface area contributed by atoms with E-state index in [4.69, 9.17) is 9.47 Å². The van der Waals surface area contributed by atoms with Crippen LogP contribution in [0.3, 0.4) is 0 Å². The van der Waals surface area contributed by atoms with Gasteiger partial charge in [0.1, 0.15) is 6.04 Å². The number of rotatable bonds is 18. The van der Waals surface area contributed by atoms with Crippen molar-refractivity contribution in [1.82, 2.24) is 30.4 Å². The predicted molar refractivity (Wildman–Crippen MR) is 192 cm³/mol. The van der Waals surface area contributed by atoms with Gasteiger partial charge in [-0.25, -0.2) is 9.78 Å². The zero-order valence-electron chi connectivity index (χ0n) is 30.6. The number of aromatic amines is 1. The summed E-state index contributed by atoms with van der Waals surface area (Å²) in [6, 6.07) is 7.67. The number of hydrogen-bond donors (Lipinski definition) is 4. The summed E-state index contributed by atoms with van der Waals surface area (Å²) in [6.45, 7) is 6.32. The van der Waals surface area contributed by atoms with Crippen molar-refractivity contribution in [3.05, 3.63) is 54.1 Å². The average molecular weight is 711 g/mol. The van der Waals surface area contributed by atoms with Gasteiger partial charge in [-0.15, -0.1) is 0 Å². The van der Waals surface area contributed by atoms with Crippen LogP contribution in [0.1, 0.15) is 82.9 Å². The first kappa shape index (κ1) is 39.8. The third-order valence-corrected chi connectivity index (χ3v) is 9.88. The minimum absolute atomic E-state index is 0.0773. The van der Waals surface area contributed by atoms with Gasteiger partial charge in [-0.3, -0.25) is 14.4 Å². The molecule has 0 bridgehead atoms. The van der Waals surface area contributed by atoms with E-state index in [1.165, 1.54) is 24.7 Å². The third kappa shape index (κ3) is 13.6. The summed E-state index contributed by atoms with van der Waals surface area (Å²) < 4.78 is 11.1. The quantitative estimate of drug-likeness (QED) is 0.182. The number of carbonyl (C=O) groups excluding carboxylic acids is 4. The van der Waals surface area contributed by atoms with Crippen molar-refractivity contribution in [2.75, 3.05) is 39.9 Å². The van der Waals surface area contributed by atoms with Crippen LogP contribution in [-0.2, 0) is 36.7 Å². The molecule has 282 valence electrons. The molecule has 1 saturated heterocycles. The number of nitrogens with one attached hydrogen (secondary N) is 3. The molecule has 0 radical (unpaired) electrons. The normalized spacial score (nSPS) is 17.6. The van der Waals surface area contributed by atoms with Crippen LogP contribution in [0.2, 0.25) is 0 Å². The van der Waals surface area contributed by atoms with Crippen molar-refractivity contribution in [3.63, 3.8) is 0 Å². The second-order valence-electron chi connectivity index (χ2n) is 14.4. The molecule has 2 heterocycles. The van der Waals surface area contributed by atoms with Gasteiger partial charge < -0.3 is 40.0 Å². The second kappa shape index (κ2) is 20.8. The minimum Gasteiger partial charge on any atom is -0.436 e. The Labute approximate surface area is 302 Å². The third-order valence-electron chi connectivity index (χ3n) is 9.88. The lowest BCUT2D eigenvalue weighted by Crippen LogP contribution is -2.56. The Morgan fingerprint density at radius 1 is 1.02 bits per heavy atom. The molecule has 2 aromatic rings. The molecule has 4 rings (SSSR count). The van der Waals surface area contributed by atoms with Gasteiger partial charge in [-0.2, -0.15) is 0 Å². The van der Waals surface area contributed by atoms with Crippen molar-refractivity contribution < 1.29 is 33.8 Å². The zero-order chi connectivity index (χ0) is 36.6. The van der Waals surface area contributed by atoms with E-state index in [0.29, 0.717) is 56.7 Å². The van der Waals surface area contributed by atoms with Gasteiger partial charge in [-0.05, 0) is 36.7 Å². The van der Waals surface area contributed by atoms with E-state index in [9.17, 15) is 24.3 Å². The van der Waals surface area contributed by atoms with Crippen LogP contribution < -0.4 is 10.6 Å². The maximum Gasteiger partial charge on any atom is 0.410 e. The molecule has 2 fully saturated rings. The summed E-state index contributed by atoms with van der Waals surface area (Å²) in [7, 11) is 1.53. The van der Waals surface area contributed by atoms with Gasteiger partial charge in [0.05, 0.1) is 37.4 Å². The molecule has 4 amide bonds. The van der Waals surface area contributed by atoms with Crippen LogP contribution in [0.15, 0.2) is 42.9 Å². The molecule has 1 aromatic heterocycles. The number of aromatic nitrogens is 2. The maximum absolute atomic E-state index is 14.1. The molecule has 1 aliphatic carbocycles. The molecule has 4 N–H and O–H groups in total. The highest BCUT2D eigenvalue weighted by Crippen LogP contribution is 2.29. The van der Waals surface area contributed by atoms with Crippen LogP contribution >= 0.6 is 0 Å². The number of imidazole rings is 1. The van der Waals surface area contributed by atoms with E-state index in [1.807, 2.05) is 30.3 Å². The minimum atomic E-state index is -1.26. The van der Waals surface area contributed by atoms with Crippen molar-refractivity contribution in [2.24, 2.45) is 11.8 Å². The lowest BCUT2D eigenvalue weighted by Gasteiger charge is -2.32. The van der Waals surface area contributed by atoms with Gasteiger partial charge in [0.2, 0.25) is 11.8 Å². The average Bonchev–Trinajstić information content (AvgIpc) is 3.66. The number of nitrogens with zero attached hydrogens (tertiary/aromatic N) is 3. The number of carbonyl (C=O) groups is 4. The standard InChI is InChI=1S/C38H58N6O7/c1-27(2)14-15-33(45)31(22-28-10-6-4-7-11-28)41-36(47)32(24-30-25-39-26-40-30)42-37(48)34(23-29-12-8-5-9-13-29)51-38(49)43(3)17-16-35(46)44-18-20-50-21-19-44/h5,8-9,12-13,25-28,31-34,45H,4,6-7,10-11,14-24H2,1-3H3,(H,39,40)(H,41,47)(H,42,48)/t31-,32-,33-,34-/m0/s1. The second-order valence-corrected chi connectivity index (χ2v) is 14.4. The number of H-pyrrole nitrogens is 1. The van der Waals surface area contributed by atoms with Crippen LogP contribution in [0.4, 0.5) is 4.79 Å². The molecule has 1 aromatic carbocycles. The summed E-state index contributed by atoms with van der Waals surface area (Å²) in [5.74, 6) is -0.331. The van der Waals surface area contributed by atoms with E-state index in [2.05, 4.69) is 34.4 Å². The Morgan fingerprint density at radius 3 is 2.41 bits per heavy atom. The van der Waals surface area contributed by atoms with Crippen molar-refractivity contribution in [3.8, 4) is 0 Å². The topological polar surface area (TPSA) is 166 Å².